The second-order valence-electron chi connectivity index (χ2n) is 16.7. The maximum Gasteiger partial charge on any atom is 0.280 e. The Morgan fingerprint density at radius 3 is 0.966 bits per heavy atom. The van der Waals surface area contributed by atoms with Crippen LogP contribution >= 0.6 is 113 Å². The predicted octanol–water partition coefficient (Wildman–Crippen LogP) is 21.1. The zero-order valence-corrected chi connectivity index (χ0v) is 52.3. The number of hydrogen-bond acceptors (Lipinski definition) is 19. The van der Waals surface area contributed by atoms with E-state index in [2.05, 4.69) is 49.7 Å². The third-order valence-electron chi connectivity index (χ3n) is 11.4. The topological polar surface area (TPSA) is 232 Å². The minimum absolute atomic E-state index is 0.0746. The van der Waals surface area contributed by atoms with Crippen LogP contribution in [0.25, 0.3) is 123 Å². The van der Waals surface area contributed by atoms with Crippen LogP contribution in [0.15, 0.2) is 143 Å². The van der Waals surface area contributed by atoms with Gasteiger partial charge in [-0.1, -0.05) is 0 Å². The van der Waals surface area contributed by atoms with Gasteiger partial charge in [0.1, 0.15) is 23.8 Å². The third kappa shape index (κ3) is 15.1. The Morgan fingerprint density at radius 1 is 0.322 bits per heavy atom. The molecule has 0 saturated heterocycles. The lowest BCUT2D eigenvalue weighted by Gasteiger charge is -1.94. The Balaban J connectivity index is 0.000000170. The minimum atomic E-state index is -0.210. The number of allylic oxidation sites excluding steroid dienone is 8. The van der Waals surface area contributed by atoms with Crippen molar-refractivity contribution in [1.82, 2.24) is 0 Å². The largest absolute Gasteiger partial charge is 0.280 e. The van der Waals surface area contributed by atoms with Crippen molar-refractivity contribution >= 4 is 158 Å². The van der Waals surface area contributed by atoms with Gasteiger partial charge in [-0.05, 0) is 140 Å². The number of thiophene rings is 10. The molecular formula is C64H25N13S10. The summed E-state index contributed by atoms with van der Waals surface area (Å²) >= 11 is 15.7. The van der Waals surface area contributed by atoms with E-state index in [0.717, 1.165) is 82.9 Å². The summed E-state index contributed by atoms with van der Waals surface area (Å²) in [5.74, 6) is 0. The molecule has 23 heteroatoms. The summed E-state index contributed by atoms with van der Waals surface area (Å²) in [7, 11) is 0. The highest BCUT2D eigenvalue weighted by Gasteiger charge is 2.18. The smallest absolute Gasteiger partial charge is 0.227 e. The molecule has 0 fully saturated rings. The molecule has 0 aliphatic heterocycles. The summed E-state index contributed by atoms with van der Waals surface area (Å²) < 4.78 is 2.41. The molecule has 0 amide bonds. The van der Waals surface area contributed by atoms with Crippen molar-refractivity contribution in [2.75, 3.05) is 0 Å². The quantitative estimate of drug-likeness (QED) is 0.0835. The van der Waals surface area contributed by atoms with Crippen LogP contribution < -0.4 is 0 Å². The van der Waals surface area contributed by atoms with E-state index in [-0.39, 0.29) is 33.9 Å². The lowest BCUT2D eigenvalue weighted by molar-refractivity contribution is 1.44. The molecule has 406 valence electrons. The average molecular weight is 1300 g/mol. The summed E-state index contributed by atoms with van der Waals surface area (Å²) in [5, 5.41) is 81.2. The van der Waals surface area contributed by atoms with Gasteiger partial charge in [-0.25, -0.2) is 40.4 Å². The Kier molecular flexibility index (Phi) is 21.1. The molecule has 0 aliphatic rings. The molecule has 0 bridgehead atoms. The van der Waals surface area contributed by atoms with E-state index < -0.39 is 0 Å². The maximum atomic E-state index is 9.34. The average Bonchev–Trinajstić information content (AvgIpc) is 2.90. The predicted molar refractivity (Wildman–Crippen MR) is 357 cm³/mol. The number of nitrogens with zero attached hydrogens (tertiary/aromatic N) is 13. The number of fused-ring (bicyclic) bond motifs is 1. The first kappa shape index (κ1) is 62.1. The van der Waals surface area contributed by atoms with Gasteiger partial charge in [0.15, 0.2) is 0 Å². The van der Waals surface area contributed by atoms with Crippen molar-refractivity contribution in [3.8, 4) is 113 Å². The van der Waals surface area contributed by atoms with Gasteiger partial charge in [0.05, 0.1) is 73.9 Å². The number of hydrogen-bond donors (Lipinski definition) is 0. The molecule has 10 aromatic heterocycles. The molecule has 0 atom stereocenters. The molecule has 10 aromatic rings. The standard InChI is InChI=1S/C22H9N5S3.C22H8N4S4.C20H8N4S3/c1-13(9-23)14(10-24)17-3-5-19(28-17)21-7-8-22(30-21)20-6-4-18(29-20)15(11-25)16(12-26)27-2;1-26-14(12-25)7-16-3-5-18(28-16)20-9-22-21(30-20)8-19(29-22)17-4-2-15(27-17)6-13(10-23)11-24;1-23-13(11-21)9-15-3-5-17(25-15)19-7-8-20(27-19)18-6-4-16(26-18)10-14(12-22)24-2/h3-8H,1H3;2-9H;3-10H/b14-13-,16-15+;14-7+;13-9-,14-10+. The fraction of sp³-hybridized carbons (Fsp3) is 0.0156. The van der Waals surface area contributed by atoms with Crippen LogP contribution in [0.3, 0.4) is 0 Å². The van der Waals surface area contributed by atoms with E-state index in [0.29, 0.717) is 16.0 Å². The lowest BCUT2D eigenvalue weighted by Crippen LogP contribution is -1.79. The Labute approximate surface area is 538 Å². The SMILES string of the molecule is [C-]#[N+]/C(C#N)=C(\C#N)c1ccc(-c2ccc(-c3ccc(/C(C#N)=C(/C)C#N)s3)s2)s1.[C-]#[N+]/C(C#N)=C/c1ccc(-c2cc3sc(-c4ccc(C=C(C#N)C#N)s4)cc3s2)s1.[C-]#[N+]/C(C#N)=C\c1ccc(-c2ccc(-c3ccc(/C=C(\C#N)[N+]#[C-])s3)s2)s1. The molecular weight excluding hydrogens is 1270 g/mol. The number of nitriles is 9. The van der Waals surface area contributed by atoms with Crippen LogP contribution in [0, 0.1) is 128 Å². The van der Waals surface area contributed by atoms with Crippen LogP contribution in [0.1, 0.15) is 36.2 Å². The van der Waals surface area contributed by atoms with Gasteiger partial charge in [0, 0.05) is 103 Å². The molecule has 0 N–H and O–H groups in total. The van der Waals surface area contributed by atoms with E-state index in [1.807, 2.05) is 121 Å². The van der Waals surface area contributed by atoms with Crippen molar-refractivity contribution < 1.29 is 0 Å². The van der Waals surface area contributed by atoms with Crippen LogP contribution in [0.2, 0.25) is 0 Å². The van der Waals surface area contributed by atoms with Crippen molar-refractivity contribution in [2.24, 2.45) is 0 Å². The van der Waals surface area contributed by atoms with Crippen molar-refractivity contribution in [1.29, 1.82) is 47.4 Å². The van der Waals surface area contributed by atoms with Crippen LogP contribution in [0.5, 0.6) is 0 Å². The van der Waals surface area contributed by atoms with E-state index in [4.69, 9.17) is 63.1 Å². The molecule has 87 heavy (non-hydrogen) atoms. The van der Waals surface area contributed by atoms with Crippen molar-refractivity contribution in [2.45, 2.75) is 6.92 Å². The van der Waals surface area contributed by atoms with E-state index in [1.165, 1.54) is 54.7 Å². The first-order valence-electron chi connectivity index (χ1n) is 24.1. The Morgan fingerprint density at radius 2 is 0.644 bits per heavy atom. The minimum Gasteiger partial charge on any atom is -0.227 e. The fourth-order valence-corrected chi connectivity index (χ4v) is 18.2. The normalized spacial score (nSPS) is 11.2. The van der Waals surface area contributed by atoms with E-state index in [9.17, 15) is 10.5 Å². The van der Waals surface area contributed by atoms with Gasteiger partial charge in [-0.2, -0.15) is 26.3 Å². The fourth-order valence-electron chi connectivity index (χ4n) is 7.39. The van der Waals surface area contributed by atoms with E-state index >= 15 is 0 Å². The van der Waals surface area contributed by atoms with Crippen molar-refractivity contribution in [3.63, 3.8) is 0 Å². The summed E-state index contributed by atoms with van der Waals surface area (Å²) in [6.07, 6.45) is 6.41. The summed E-state index contributed by atoms with van der Waals surface area (Å²) in [6.45, 7) is 29.6. The lowest BCUT2D eigenvalue weighted by atomic mass is 10.1. The molecule has 13 nitrogen and oxygen atoms in total. The molecule has 0 radical (unpaired) electrons. The second-order valence-corrected chi connectivity index (χ2v) is 27.7. The molecule has 0 aliphatic carbocycles. The van der Waals surface area contributed by atoms with Gasteiger partial charge in [-0.15, -0.1) is 113 Å². The van der Waals surface area contributed by atoms with Gasteiger partial charge >= 0.3 is 0 Å². The highest BCUT2D eigenvalue weighted by atomic mass is 32.1. The highest BCUT2D eigenvalue weighted by molar-refractivity contribution is 7.33. The molecule has 0 spiro atoms. The monoisotopic (exact) mass is 1290 g/mol. The first-order valence-corrected chi connectivity index (χ1v) is 32.3. The zero-order valence-electron chi connectivity index (χ0n) is 44.1. The van der Waals surface area contributed by atoms with Crippen LogP contribution in [-0.2, 0) is 0 Å². The van der Waals surface area contributed by atoms with Crippen molar-refractivity contribution in [3.05, 3.63) is 218 Å². The maximum absolute atomic E-state index is 9.34. The Hall–Kier alpha value is -10.9. The summed E-state index contributed by atoms with van der Waals surface area (Å²) in [5.41, 5.74) is 0.991. The first-order chi connectivity index (χ1) is 42.3. The van der Waals surface area contributed by atoms with E-state index in [1.54, 1.807) is 111 Å². The molecule has 0 aromatic carbocycles. The molecule has 10 rings (SSSR count). The summed E-state index contributed by atoms with van der Waals surface area (Å²) in [6, 6.07) is 52.7. The van der Waals surface area contributed by atoms with Gasteiger partial charge in [0.25, 0.3) is 22.8 Å². The molecule has 0 saturated carbocycles. The van der Waals surface area contributed by atoms with Crippen LogP contribution in [-0.4, -0.2) is 0 Å². The van der Waals surface area contributed by atoms with Crippen LogP contribution in [0.4, 0.5) is 0 Å². The molecule has 0 unspecified atom stereocenters. The number of rotatable bonds is 12. The summed E-state index contributed by atoms with van der Waals surface area (Å²) in [4.78, 5) is 30.4. The Bertz CT molecular complexity index is 4830. The highest BCUT2D eigenvalue weighted by Crippen LogP contribution is 2.46. The van der Waals surface area contributed by atoms with Gasteiger partial charge < -0.3 is 0 Å². The van der Waals surface area contributed by atoms with Gasteiger partial charge in [0.2, 0.25) is 0 Å². The van der Waals surface area contributed by atoms with Gasteiger partial charge in [-0.3, -0.25) is 0 Å². The second kappa shape index (κ2) is 29.5. The zero-order chi connectivity index (χ0) is 62.0. The third-order valence-corrected chi connectivity index (χ3v) is 23.4. The molecule has 10 heterocycles.